The number of urea groups is 1. The summed E-state index contributed by atoms with van der Waals surface area (Å²) in [6.07, 6.45) is 0. The van der Waals surface area contributed by atoms with Crippen molar-refractivity contribution in [1.29, 1.82) is 0 Å². The molecular formula is C22H26N4O3S. The van der Waals surface area contributed by atoms with Crippen LogP contribution in [-0.4, -0.2) is 22.8 Å². The molecule has 1 aromatic heterocycles. The Morgan fingerprint density at radius 2 is 1.57 bits per heavy atom. The van der Waals surface area contributed by atoms with Gasteiger partial charge in [0.1, 0.15) is 18.1 Å². The average molecular weight is 427 g/mol. The van der Waals surface area contributed by atoms with Crippen LogP contribution in [0.2, 0.25) is 0 Å². The number of carbonyl (C=O) groups excluding carboxylic acids is 1. The Kier molecular flexibility index (Phi) is 6.89. The van der Waals surface area contributed by atoms with Gasteiger partial charge in [-0.05, 0) is 54.3 Å². The van der Waals surface area contributed by atoms with E-state index in [-0.39, 0.29) is 18.1 Å². The van der Waals surface area contributed by atoms with Crippen molar-refractivity contribution >= 4 is 28.2 Å². The zero-order chi connectivity index (χ0) is 21.6. The molecule has 7 nitrogen and oxygen atoms in total. The summed E-state index contributed by atoms with van der Waals surface area (Å²) in [6, 6.07) is 14.8. The van der Waals surface area contributed by atoms with E-state index >= 15 is 0 Å². The Hall–Kier alpha value is -3.13. The van der Waals surface area contributed by atoms with Crippen molar-refractivity contribution in [3.8, 4) is 11.5 Å². The largest absolute Gasteiger partial charge is 0.494 e. The summed E-state index contributed by atoms with van der Waals surface area (Å²) in [7, 11) is 0. The fraction of sp³-hybridized carbons (Fsp3) is 0.318. The fourth-order valence-corrected chi connectivity index (χ4v) is 3.27. The Morgan fingerprint density at radius 3 is 2.20 bits per heavy atom. The minimum Gasteiger partial charge on any atom is -0.494 e. The van der Waals surface area contributed by atoms with Gasteiger partial charge < -0.3 is 14.8 Å². The molecule has 0 atom stereocenters. The highest BCUT2D eigenvalue weighted by Crippen LogP contribution is 2.25. The summed E-state index contributed by atoms with van der Waals surface area (Å²) >= 11 is 1.27. The van der Waals surface area contributed by atoms with Gasteiger partial charge in [-0.3, -0.25) is 5.32 Å². The van der Waals surface area contributed by atoms with Crippen LogP contribution in [0.5, 0.6) is 11.5 Å². The smallest absolute Gasteiger partial charge is 0.325 e. The number of hydrogen-bond acceptors (Lipinski definition) is 6. The number of anilines is 2. The Morgan fingerprint density at radius 1 is 0.933 bits per heavy atom. The van der Waals surface area contributed by atoms with Crippen molar-refractivity contribution in [2.75, 3.05) is 17.2 Å². The zero-order valence-electron chi connectivity index (χ0n) is 17.6. The number of ether oxygens (including phenoxy) is 2. The lowest BCUT2D eigenvalue weighted by atomic mass is 9.87. The number of benzene rings is 2. The van der Waals surface area contributed by atoms with E-state index in [1.165, 1.54) is 16.9 Å². The van der Waals surface area contributed by atoms with E-state index in [4.69, 9.17) is 9.47 Å². The van der Waals surface area contributed by atoms with Gasteiger partial charge in [-0.1, -0.05) is 44.2 Å². The molecule has 1 heterocycles. The van der Waals surface area contributed by atoms with Gasteiger partial charge in [0.05, 0.1) is 6.61 Å². The van der Waals surface area contributed by atoms with Crippen LogP contribution in [0.1, 0.15) is 38.3 Å². The van der Waals surface area contributed by atoms with E-state index < -0.39 is 0 Å². The predicted molar refractivity (Wildman–Crippen MR) is 120 cm³/mol. The molecule has 2 N–H and O–H groups in total. The van der Waals surface area contributed by atoms with Crippen LogP contribution in [0, 0.1) is 0 Å². The van der Waals surface area contributed by atoms with Gasteiger partial charge in [-0.25, -0.2) is 4.79 Å². The van der Waals surface area contributed by atoms with Crippen molar-refractivity contribution in [2.45, 2.75) is 39.7 Å². The van der Waals surface area contributed by atoms with Gasteiger partial charge in [0, 0.05) is 5.69 Å². The van der Waals surface area contributed by atoms with E-state index in [0.717, 1.165) is 11.5 Å². The van der Waals surface area contributed by atoms with Gasteiger partial charge in [-0.2, -0.15) is 0 Å². The number of nitrogens with one attached hydrogen (secondary N) is 2. The summed E-state index contributed by atoms with van der Waals surface area (Å²) in [5.41, 5.74) is 2.00. The van der Waals surface area contributed by atoms with E-state index in [2.05, 4.69) is 53.7 Å². The van der Waals surface area contributed by atoms with E-state index in [1.54, 1.807) is 24.3 Å². The molecule has 158 valence electrons. The maximum Gasteiger partial charge on any atom is 0.325 e. The van der Waals surface area contributed by atoms with Crippen molar-refractivity contribution in [3.05, 3.63) is 59.1 Å². The quantitative estimate of drug-likeness (QED) is 0.524. The van der Waals surface area contributed by atoms with E-state index in [9.17, 15) is 4.79 Å². The second-order valence-electron chi connectivity index (χ2n) is 7.60. The third-order valence-corrected chi connectivity index (χ3v) is 5.01. The van der Waals surface area contributed by atoms with Crippen LogP contribution in [0.4, 0.5) is 15.6 Å². The number of hydrogen-bond donors (Lipinski definition) is 2. The molecule has 3 rings (SSSR count). The molecule has 0 radical (unpaired) electrons. The number of rotatable bonds is 7. The van der Waals surface area contributed by atoms with Crippen LogP contribution in [0.3, 0.4) is 0 Å². The first kappa shape index (κ1) is 21.6. The molecule has 0 saturated heterocycles. The average Bonchev–Trinajstić information content (AvgIpc) is 3.15. The lowest BCUT2D eigenvalue weighted by Gasteiger charge is -2.19. The van der Waals surface area contributed by atoms with Crippen molar-refractivity contribution in [3.63, 3.8) is 0 Å². The van der Waals surface area contributed by atoms with E-state index in [1.807, 2.05) is 19.1 Å². The SMILES string of the molecule is CCOc1ccc(NC(=O)Nc2nnc(COc3ccc(C(C)(C)C)cc3)s2)cc1. The van der Waals surface area contributed by atoms with Crippen molar-refractivity contribution in [2.24, 2.45) is 0 Å². The summed E-state index contributed by atoms with van der Waals surface area (Å²) in [4.78, 5) is 12.1. The summed E-state index contributed by atoms with van der Waals surface area (Å²) < 4.78 is 11.2. The Bertz CT molecular complexity index is 963. The third kappa shape index (κ3) is 6.18. The monoisotopic (exact) mass is 426 g/mol. The third-order valence-electron chi connectivity index (χ3n) is 4.19. The molecule has 0 aliphatic carbocycles. The van der Waals surface area contributed by atoms with Gasteiger partial charge in [0.25, 0.3) is 0 Å². The molecule has 8 heteroatoms. The molecule has 0 bridgehead atoms. The summed E-state index contributed by atoms with van der Waals surface area (Å²) in [5, 5.41) is 14.6. The lowest BCUT2D eigenvalue weighted by molar-refractivity contribution is 0.262. The maximum atomic E-state index is 12.1. The topological polar surface area (TPSA) is 85.4 Å². The minimum absolute atomic E-state index is 0.101. The number of carbonyl (C=O) groups is 1. The fourth-order valence-electron chi connectivity index (χ4n) is 2.62. The lowest BCUT2D eigenvalue weighted by Crippen LogP contribution is -2.19. The van der Waals surface area contributed by atoms with Crippen LogP contribution in [0.15, 0.2) is 48.5 Å². The van der Waals surface area contributed by atoms with Gasteiger partial charge in [0.2, 0.25) is 5.13 Å². The van der Waals surface area contributed by atoms with Crippen LogP contribution in [-0.2, 0) is 12.0 Å². The highest BCUT2D eigenvalue weighted by Gasteiger charge is 2.13. The number of nitrogens with zero attached hydrogens (tertiary/aromatic N) is 2. The highest BCUT2D eigenvalue weighted by atomic mass is 32.1. The Balaban J connectivity index is 1.49. The molecule has 3 aromatic rings. The van der Waals surface area contributed by atoms with Crippen molar-refractivity contribution < 1.29 is 14.3 Å². The molecule has 0 spiro atoms. The van der Waals surface area contributed by atoms with Crippen LogP contribution >= 0.6 is 11.3 Å². The normalized spacial score (nSPS) is 11.1. The van der Waals surface area contributed by atoms with Crippen molar-refractivity contribution in [1.82, 2.24) is 10.2 Å². The molecule has 30 heavy (non-hydrogen) atoms. The number of aromatic nitrogens is 2. The van der Waals surface area contributed by atoms with E-state index in [0.29, 0.717) is 22.4 Å². The first-order chi connectivity index (χ1) is 14.3. The predicted octanol–water partition coefficient (Wildman–Crippen LogP) is 5.46. The first-order valence-corrected chi connectivity index (χ1v) is 10.5. The summed E-state index contributed by atoms with van der Waals surface area (Å²) in [5.74, 6) is 1.52. The molecule has 0 saturated carbocycles. The van der Waals surface area contributed by atoms with Crippen LogP contribution in [0.25, 0.3) is 0 Å². The minimum atomic E-state index is -0.388. The summed E-state index contributed by atoms with van der Waals surface area (Å²) in [6.45, 7) is 9.32. The molecule has 0 fully saturated rings. The molecule has 2 amide bonds. The molecule has 2 aromatic carbocycles. The standard InChI is InChI=1S/C22H26N4O3S/c1-5-28-17-12-8-16(9-13-17)23-20(27)24-21-26-25-19(30-21)14-29-18-10-6-15(7-11-18)22(2,3)4/h6-13H,5,14H2,1-4H3,(H2,23,24,26,27). The number of amides is 2. The first-order valence-electron chi connectivity index (χ1n) is 9.70. The van der Waals surface area contributed by atoms with Gasteiger partial charge in [0.15, 0.2) is 5.01 Å². The van der Waals surface area contributed by atoms with Crippen LogP contribution < -0.4 is 20.1 Å². The van der Waals surface area contributed by atoms with Gasteiger partial charge in [-0.15, -0.1) is 10.2 Å². The second kappa shape index (κ2) is 9.58. The highest BCUT2D eigenvalue weighted by molar-refractivity contribution is 7.15. The van der Waals surface area contributed by atoms with Gasteiger partial charge >= 0.3 is 6.03 Å². The zero-order valence-corrected chi connectivity index (χ0v) is 18.4. The molecule has 0 aliphatic heterocycles. The Labute approximate surface area is 180 Å². The second-order valence-corrected chi connectivity index (χ2v) is 8.66. The molecular weight excluding hydrogens is 400 g/mol. The molecule has 0 aliphatic rings. The maximum absolute atomic E-state index is 12.1. The molecule has 0 unspecified atom stereocenters.